The molecule has 2 heterocycles. The molecule has 1 aliphatic rings. The number of hydrogen-bond acceptors (Lipinski definition) is 3. The molecule has 7 heteroatoms. The summed E-state index contributed by atoms with van der Waals surface area (Å²) in [6.07, 6.45) is -1.53. The molecular formula is C17H20F3N3O. The Morgan fingerprint density at radius 3 is 2.50 bits per heavy atom. The number of benzene rings is 1. The van der Waals surface area contributed by atoms with E-state index in [0.29, 0.717) is 5.69 Å². The van der Waals surface area contributed by atoms with Crippen molar-refractivity contribution in [3.63, 3.8) is 0 Å². The molecule has 0 aliphatic carbocycles. The quantitative estimate of drug-likeness (QED) is 0.885. The first-order chi connectivity index (χ1) is 11.3. The number of alkyl halides is 3. The van der Waals surface area contributed by atoms with E-state index in [1.54, 1.807) is 16.8 Å². The van der Waals surface area contributed by atoms with Crippen molar-refractivity contribution in [1.82, 2.24) is 9.78 Å². The largest absolute Gasteiger partial charge is 0.573 e. The average molecular weight is 339 g/mol. The van der Waals surface area contributed by atoms with Crippen LogP contribution in [0.1, 0.15) is 43.9 Å². The van der Waals surface area contributed by atoms with Crippen LogP contribution < -0.4 is 10.1 Å². The van der Waals surface area contributed by atoms with Gasteiger partial charge in [0.25, 0.3) is 0 Å². The van der Waals surface area contributed by atoms with Crippen molar-refractivity contribution in [2.75, 3.05) is 11.9 Å². The zero-order chi connectivity index (χ0) is 17.3. The zero-order valence-electron chi connectivity index (χ0n) is 13.7. The van der Waals surface area contributed by atoms with E-state index in [0.717, 1.165) is 37.3 Å². The number of ether oxygens (including phenoxy) is 1. The number of anilines is 1. The molecule has 0 spiro atoms. The van der Waals surface area contributed by atoms with E-state index in [1.165, 1.54) is 17.7 Å². The predicted octanol–water partition coefficient (Wildman–Crippen LogP) is 4.64. The highest BCUT2D eigenvalue weighted by Crippen LogP contribution is 2.32. The molecule has 1 aromatic carbocycles. The number of fused-ring (bicyclic) bond motifs is 1. The second-order valence-electron chi connectivity index (χ2n) is 6.20. The van der Waals surface area contributed by atoms with Crippen LogP contribution in [-0.2, 0) is 6.42 Å². The maximum atomic E-state index is 12.3. The Kier molecular flexibility index (Phi) is 4.43. The van der Waals surface area contributed by atoms with E-state index in [-0.39, 0.29) is 11.7 Å². The van der Waals surface area contributed by atoms with Crippen molar-refractivity contribution in [2.45, 2.75) is 45.4 Å². The van der Waals surface area contributed by atoms with E-state index in [2.05, 4.69) is 23.9 Å². The second kappa shape index (κ2) is 6.37. The first-order valence-corrected chi connectivity index (χ1v) is 8.07. The van der Waals surface area contributed by atoms with E-state index < -0.39 is 6.36 Å². The summed E-state index contributed by atoms with van der Waals surface area (Å²) in [5.41, 5.74) is 2.95. The molecule has 3 rings (SSSR count). The lowest BCUT2D eigenvalue weighted by atomic mass is 10.0. The van der Waals surface area contributed by atoms with Gasteiger partial charge in [0.05, 0.1) is 11.4 Å². The lowest BCUT2D eigenvalue weighted by molar-refractivity contribution is -0.274. The number of hydrogen-bond donors (Lipinski definition) is 1. The van der Waals surface area contributed by atoms with Crippen molar-refractivity contribution >= 4 is 5.82 Å². The third kappa shape index (κ3) is 3.49. The fourth-order valence-corrected chi connectivity index (χ4v) is 2.97. The molecule has 0 unspecified atom stereocenters. The normalized spacial score (nSPS) is 14.9. The van der Waals surface area contributed by atoms with Crippen LogP contribution in [0.3, 0.4) is 0 Å². The van der Waals surface area contributed by atoms with Crippen LogP contribution in [0.25, 0.3) is 5.69 Å². The maximum Gasteiger partial charge on any atom is 0.573 e. The van der Waals surface area contributed by atoms with E-state index in [1.807, 2.05) is 0 Å². The van der Waals surface area contributed by atoms with Crippen molar-refractivity contribution in [3.05, 3.63) is 35.5 Å². The highest BCUT2D eigenvalue weighted by molar-refractivity contribution is 5.55. The highest BCUT2D eigenvalue weighted by Gasteiger charge is 2.31. The highest BCUT2D eigenvalue weighted by atomic mass is 19.4. The number of nitrogens with zero attached hydrogens (tertiary/aromatic N) is 2. The van der Waals surface area contributed by atoms with Gasteiger partial charge in [0.2, 0.25) is 0 Å². The van der Waals surface area contributed by atoms with Crippen LogP contribution in [0, 0.1) is 0 Å². The van der Waals surface area contributed by atoms with Crippen molar-refractivity contribution in [2.24, 2.45) is 0 Å². The average Bonchev–Trinajstić information content (AvgIpc) is 2.69. The van der Waals surface area contributed by atoms with Crippen LogP contribution in [0.4, 0.5) is 19.0 Å². The number of rotatable bonds is 3. The Morgan fingerprint density at radius 2 is 1.88 bits per heavy atom. The minimum atomic E-state index is -4.68. The summed E-state index contributed by atoms with van der Waals surface area (Å²) >= 11 is 0. The van der Waals surface area contributed by atoms with Gasteiger partial charge in [-0.1, -0.05) is 13.8 Å². The molecule has 0 atom stereocenters. The third-order valence-electron chi connectivity index (χ3n) is 4.02. The lowest BCUT2D eigenvalue weighted by Crippen LogP contribution is -2.17. The van der Waals surface area contributed by atoms with Crippen molar-refractivity contribution in [1.29, 1.82) is 0 Å². The number of nitrogens with one attached hydrogen (secondary N) is 1. The zero-order valence-corrected chi connectivity index (χ0v) is 13.7. The Bertz CT molecular complexity index is 705. The Morgan fingerprint density at radius 1 is 1.17 bits per heavy atom. The van der Waals surface area contributed by atoms with Gasteiger partial charge in [-0.15, -0.1) is 13.2 Å². The second-order valence-corrected chi connectivity index (χ2v) is 6.20. The van der Waals surface area contributed by atoms with Gasteiger partial charge >= 0.3 is 6.36 Å². The standard InChI is InChI=1S/C17H20F3N3O/c1-11(2)15-14-5-3-4-10-21-16(14)23(22-15)12-6-8-13(9-7-12)24-17(18,19)20/h6-9,11,21H,3-5,10H2,1-2H3. The Hall–Kier alpha value is -2.18. The summed E-state index contributed by atoms with van der Waals surface area (Å²) in [7, 11) is 0. The fraction of sp³-hybridized carbons (Fsp3) is 0.471. The fourth-order valence-electron chi connectivity index (χ4n) is 2.97. The molecule has 1 N–H and O–H groups in total. The Balaban J connectivity index is 1.97. The van der Waals surface area contributed by atoms with Crippen LogP contribution >= 0.6 is 0 Å². The molecule has 2 aromatic rings. The molecular weight excluding hydrogens is 319 g/mol. The van der Waals surface area contributed by atoms with Gasteiger partial charge in [0, 0.05) is 12.1 Å². The summed E-state index contributed by atoms with van der Waals surface area (Å²) < 4.78 is 42.5. The molecule has 0 saturated heterocycles. The van der Waals surface area contributed by atoms with Gasteiger partial charge in [-0.25, -0.2) is 4.68 Å². The molecule has 0 fully saturated rings. The monoisotopic (exact) mass is 339 g/mol. The molecule has 1 aliphatic heterocycles. The number of aromatic nitrogens is 2. The van der Waals surface area contributed by atoms with Gasteiger partial charge in [0.15, 0.2) is 0 Å². The topological polar surface area (TPSA) is 39.1 Å². The van der Waals surface area contributed by atoms with Gasteiger partial charge in [-0.2, -0.15) is 5.10 Å². The van der Waals surface area contributed by atoms with Crippen LogP contribution in [0.15, 0.2) is 24.3 Å². The summed E-state index contributed by atoms with van der Waals surface area (Å²) in [4.78, 5) is 0. The van der Waals surface area contributed by atoms with Gasteiger partial charge < -0.3 is 10.1 Å². The predicted molar refractivity (Wildman–Crippen MR) is 85.8 cm³/mol. The first kappa shape index (κ1) is 16.7. The molecule has 24 heavy (non-hydrogen) atoms. The smallest absolute Gasteiger partial charge is 0.406 e. The molecule has 1 aromatic heterocycles. The minimum absolute atomic E-state index is 0.235. The molecule has 130 valence electrons. The third-order valence-corrected chi connectivity index (χ3v) is 4.02. The maximum absolute atomic E-state index is 12.3. The SMILES string of the molecule is CC(C)c1nn(-c2ccc(OC(F)(F)F)cc2)c2c1CCCCN2. The van der Waals surface area contributed by atoms with Crippen molar-refractivity contribution in [3.8, 4) is 11.4 Å². The van der Waals surface area contributed by atoms with Crippen LogP contribution in [0.2, 0.25) is 0 Å². The van der Waals surface area contributed by atoms with E-state index in [4.69, 9.17) is 5.10 Å². The number of halogens is 3. The molecule has 0 radical (unpaired) electrons. The molecule has 0 bridgehead atoms. The van der Waals surface area contributed by atoms with Gasteiger partial charge in [-0.05, 0) is 49.4 Å². The van der Waals surface area contributed by atoms with E-state index >= 15 is 0 Å². The van der Waals surface area contributed by atoms with Gasteiger partial charge in [0.1, 0.15) is 11.6 Å². The van der Waals surface area contributed by atoms with E-state index in [9.17, 15) is 13.2 Å². The molecule has 0 amide bonds. The summed E-state index contributed by atoms with van der Waals surface area (Å²) in [6, 6.07) is 5.79. The summed E-state index contributed by atoms with van der Waals surface area (Å²) in [6.45, 7) is 5.06. The van der Waals surface area contributed by atoms with Crippen molar-refractivity contribution < 1.29 is 17.9 Å². The van der Waals surface area contributed by atoms with Crippen LogP contribution in [-0.4, -0.2) is 22.7 Å². The lowest BCUT2D eigenvalue weighted by Gasteiger charge is -2.11. The summed E-state index contributed by atoms with van der Waals surface area (Å²) in [5, 5.41) is 8.11. The molecule has 4 nitrogen and oxygen atoms in total. The Labute approximate surface area is 138 Å². The van der Waals surface area contributed by atoms with Crippen LogP contribution in [0.5, 0.6) is 5.75 Å². The first-order valence-electron chi connectivity index (χ1n) is 8.07. The van der Waals surface area contributed by atoms with Gasteiger partial charge in [-0.3, -0.25) is 0 Å². The minimum Gasteiger partial charge on any atom is -0.406 e. The molecule has 0 saturated carbocycles. The summed E-state index contributed by atoms with van der Waals surface area (Å²) in [5.74, 6) is 0.995.